The van der Waals surface area contributed by atoms with Crippen molar-refractivity contribution in [2.45, 2.75) is 25.3 Å². The van der Waals surface area contributed by atoms with Gasteiger partial charge in [0.25, 0.3) is 5.91 Å². The summed E-state index contributed by atoms with van der Waals surface area (Å²) in [6, 6.07) is 4.70. The molecular weight excluding hydrogens is 302 g/mol. The maximum atomic E-state index is 12.7. The molecule has 1 fully saturated rings. The van der Waals surface area contributed by atoms with Gasteiger partial charge in [-0.05, 0) is 24.1 Å². The van der Waals surface area contributed by atoms with Crippen molar-refractivity contribution in [3.8, 4) is 0 Å². The summed E-state index contributed by atoms with van der Waals surface area (Å²) in [5, 5.41) is 0. The van der Waals surface area contributed by atoms with E-state index in [1.165, 1.54) is 17.0 Å². The molecule has 1 aromatic rings. The fraction of sp³-hybridized carbons (Fsp3) is 0.400. The number of likely N-dealkylation sites (tertiary alicyclic amines) is 1. The smallest absolute Gasteiger partial charge is 0.372 e. The Hall–Kier alpha value is -1.89. The van der Waals surface area contributed by atoms with Crippen LogP contribution >= 0.6 is 0 Å². The lowest BCUT2D eigenvalue weighted by molar-refractivity contribution is -0.137. The zero-order chi connectivity index (χ0) is 16.3. The second-order valence-electron chi connectivity index (χ2n) is 5.07. The highest BCUT2D eigenvalue weighted by Crippen LogP contribution is 2.29. The first-order valence-electron chi connectivity index (χ1n) is 6.69. The van der Waals surface area contributed by atoms with E-state index in [2.05, 4.69) is 6.58 Å². The third-order valence-electron chi connectivity index (χ3n) is 3.43. The number of carbonyl (C=O) groups is 1. The van der Waals surface area contributed by atoms with Crippen molar-refractivity contribution >= 4 is 5.91 Å². The van der Waals surface area contributed by atoms with Crippen LogP contribution in [0.5, 0.6) is 0 Å². The normalized spacial score (nSPS) is 18.5. The van der Waals surface area contributed by atoms with E-state index in [9.17, 15) is 22.4 Å². The number of carbonyl (C=O) groups excluding carboxylic acids is 1. The lowest BCUT2D eigenvalue weighted by Crippen LogP contribution is -2.30. The predicted molar refractivity (Wildman–Crippen MR) is 71.5 cm³/mol. The molecule has 2 rings (SSSR count). The first-order valence-corrected chi connectivity index (χ1v) is 6.69. The molecule has 0 bridgehead atoms. The Bertz CT molecular complexity index is 554. The summed E-state index contributed by atoms with van der Waals surface area (Å²) in [5.41, 5.74) is -0.108. The molecular formula is C15H15F4NO2. The Balaban J connectivity index is 1.84. The SMILES string of the molecule is C=C(F)C(=O)N1CCC(OCc2ccc(C(F)(F)F)cc2)C1. The van der Waals surface area contributed by atoms with Crippen LogP contribution in [0, 0.1) is 0 Å². The maximum Gasteiger partial charge on any atom is 0.416 e. The van der Waals surface area contributed by atoms with Gasteiger partial charge in [-0.3, -0.25) is 4.79 Å². The molecule has 1 saturated heterocycles. The highest BCUT2D eigenvalue weighted by atomic mass is 19.4. The molecule has 0 aliphatic carbocycles. The van der Waals surface area contributed by atoms with Crippen LogP contribution in [-0.2, 0) is 22.3 Å². The first-order chi connectivity index (χ1) is 10.3. The molecule has 1 aliphatic heterocycles. The van der Waals surface area contributed by atoms with Crippen molar-refractivity contribution in [1.29, 1.82) is 0 Å². The minimum Gasteiger partial charge on any atom is -0.372 e. The number of alkyl halides is 3. The van der Waals surface area contributed by atoms with Crippen molar-refractivity contribution in [1.82, 2.24) is 4.90 Å². The highest BCUT2D eigenvalue weighted by molar-refractivity contribution is 5.90. The zero-order valence-electron chi connectivity index (χ0n) is 11.7. The van der Waals surface area contributed by atoms with E-state index < -0.39 is 23.5 Å². The Morgan fingerprint density at radius 1 is 1.32 bits per heavy atom. The van der Waals surface area contributed by atoms with Gasteiger partial charge in [-0.15, -0.1) is 0 Å². The Morgan fingerprint density at radius 3 is 2.50 bits per heavy atom. The number of nitrogens with zero attached hydrogens (tertiary/aromatic N) is 1. The Labute approximate surface area is 125 Å². The van der Waals surface area contributed by atoms with Crippen molar-refractivity contribution in [2.75, 3.05) is 13.1 Å². The van der Waals surface area contributed by atoms with E-state index in [1.54, 1.807) is 0 Å². The zero-order valence-corrected chi connectivity index (χ0v) is 11.7. The summed E-state index contributed by atoms with van der Waals surface area (Å²) in [6.07, 6.45) is -4.06. The quantitative estimate of drug-likeness (QED) is 0.630. The molecule has 0 aromatic heterocycles. The fourth-order valence-corrected chi connectivity index (χ4v) is 2.22. The highest BCUT2D eigenvalue weighted by Gasteiger charge is 2.30. The van der Waals surface area contributed by atoms with Crippen LogP contribution in [0.1, 0.15) is 17.5 Å². The summed E-state index contributed by atoms with van der Waals surface area (Å²) in [4.78, 5) is 12.7. The van der Waals surface area contributed by atoms with Crippen LogP contribution in [-0.4, -0.2) is 30.0 Å². The molecule has 0 radical (unpaired) electrons. The molecule has 1 aliphatic rings. The third kappa shape index (κ3) is 4.07. The molecule has 1 amide bonds. The van der Waals surface area contributed by atoms with Gasteiger partial charge in [0, 0.05) is 13.1 Å². The van der Waals surface area contributed by atoms with Crippen LogP contribution in [0.2, 0.25) is 0 Å². The number of rotatable bonds is 4. The number of hydrogen-bond acceptors (Lipinski definition) is 2. The Morgan fingerprint density at radius 2 is 1.95 bits per heavy atom. The average molecular weight is 317 g/mol. The van der Waals surface area contributed by atoms with Crippen LogP contribution in [0.4, 0.5) is 17.6 Å². The van der Waals surface area contributed by atoms with E-state index in [0.29, 0.717) is 18.5 Å². The summed E-state index contributed by atoms with van der Waals surface area (Å²) in [7, 11) is 0. The fourth-order valence-electron chi connectivity index (χ4n) is 2.22. The second kappa shape index (κ2) is 6.48. The lowest BCUT2D eigenvalue weighted by atomic mass is 10.1. The van der Waals surface area contributed by atoms with Crippen LogP contribution in [0.25, 0.3) is 0 Å². The number of hydrogen-bond donors (Lipinski definition) is 0. The molecule has 3 nitrogen and oxygen atoms in total. The summed E-state index contributed by atoms with van der Waals surface area (Å²) < 4.78 is 55.6. The monoisotopic (exact) mass is 317 g/mol. The topological polar surface area (TPSA) is 29.5 Å². The summed E-state index contributed by atoms with van der Waals surface area (Å²) in [6.45, 7) is 3.72. The van der Waals surface area contributed by atoms with Gasteiger partial charge in [0.15, 0.2) is 5.83 Å². The van der Waals surface area contributed by atoms with Crippen molar-refractivity contribution in [2.24, 2.45) is 0 Å². The minimum absolute atomic E-state index is 0.140. The molecule has 0 saturated carbocycles. The average Bonchev–Trinajstić information content (AvgIpc) is 2.92. The molecule has 0 N–H and O–H groups in total. The molecule has 0 spiro atoms. The van der Waals surface area contributed by atoms with E-state index in [1.807, 2.05) is 0 Å². The molecule has 120 valence electrons. The minimum atomic E-state index is -4.36. The van der Waals surface area contributed by atoms with Gasteiger partial charge in [0.2, 0.25) is 0 Å². The van der Waals surface area contributed by atoms with Gasteiger partial charge in [-0.1, -0.05) is 18.7 Å². The van der Waals surface area contributed by atoms with Crippen molar-refractivity contribution < 1.29 is 27.1 Å². The number of benzene rings is 1. The first kappa shape index (κ1) is 16.5. The molecule has 1 heterocycles. The van der Waals surface area contributed by atoms with E-state index in [4.69, 9.17) is 4.74 Å². The van der Waals surface area contributed by atoms with Crippen LogP contribution in [0.15, 0.2) is 36.7 Å². The summed E-state index contributed by atoms with van der Waals surface area (Å²) >= 11 is 0. The van der Waals surface area contributed by atoms with E-state index >= 15 is 0 Å². The molecule has 22 heavy (non-hydrogen) atoms. The second-order valence-corrected chi connectivity index (χ2v) is 5.07. The largest absolute Gasteiger partial charge is 0.416 e. The van der Waals surface area contributed by atoms with Crippen molar-refractivity contribution in [3.05, 3.63) is 47.8 Å². The van der Waals surface area contributed by atoms with Gasteiger partial charge in [-0.2, -0.15) is 13.2 Å². The Kier molecular flexibility index (Phi) is 4.85. The van der Waals surface area contributed by atoms with Gasteiger partial charge in [-0.25, -0.2) is 4.39 Å². The number of halogens is 4. The third-order valence-corrected chi connectivity index (χ3v) is 3.43. The van der Waals surface area contributed by atoms with Gasteiger partial charge in [0.05, 0.1) is 18.3 Å². The van der Waals surface area contributed by atoms with Crippen LogP contribution in [0.3, 0.4) is 0 Å². The van der Waals surface area contributed by atoms with Gasteiger partial charge in [0.1, 0.15) is 0 Å². The molecule has 1 atom stereocenters. The molecule has 1 aromatic carbocycles. The van der Waals surface area contributed by atoms with Crippen LogP contribution < -0.4 is 0 Å². The number of amides is 1. The van der Waals surface area contributed by atoms with Gasteiger partial charge >= 0.3 is 6.18 Å². The number of ether oxygens (including phenoxy) is 1. The van der Waals surface area contributed by atoms with Crippen molar-refractivity contribution in [3.63, 3.8) is 0 Å². The molecule has 1 unspecified atom stereocenters. The maximum absolute atomic E-state index is 12.7. The van der Waals surface area contributed by atoms with E-state index in [-0.39, 0.29) is 19.3 Å². The standard InChI is InChI=1S/C15H15F4NO2/c1-10(16)14(21)20-7-6-13(8-20)22-9-11-2-4-12(5-3-11)15(17,18)19/h2-5,13H,1,6-9H2. The van der Waals surface area contributed by atoms with E-state index in [0.717, 1.165) is 12.1 Å². The van der Waals surface area contributed by atoms with Gasteiger partial charge < -0.3 is 9.64 Å². The predicted octanol–water partition coefficient (Wildman–Crippen LogP) is 3.31. The molecule has 7 heteroatoms. The lowest BCUT2D eigenvalue weighted by Gasteiger charge is -2.15. The summed E-state index contributed by atoms with van der Waals surface area (Å²) in [5.74, 6) is -1.76.